The third-order valence-electron chi connectivity index (χ3n) is 2.37. The van der Waals surface area contributed by atoms with Crippen LogP contribution in [0.25, 0.3) is 0 Å². The Morgan fingerprint density at radius 3 is 2.87 bits per heavy atom. The van der Waals surface area contributed by atoms with Crippen molar-refractivity contribution in [1.82, 2.24) is 10.2 Å². The van der Waals surface area contributed by atoms with Gasteiger partial charge in [-0.15, -0.1) is 0 Å². The van der Waals surface area contributed by atoms with Crippen LogP contribution in [0.5, 0.6) is 0 Å². The van der Waals surface area contributed by atoms with E-state index in [1.54, 1.807) is 0 Å². The van der Waals surface area contributed by atoms with E-state index in [1.165, 1.54) is 0 Å². The van der Waals surface area contributed by atoms with Gasteiger partial charge >= 0.3 is 0 Å². The lowest BCUT2D eigenvalue weighted by molar-refractivity contribution is -0.123. The fourth-order valence-electron chi connectivity index (χ4n) is 1.41. The number of nitrogens with one attached hydrogen (secondary N) is 1. The van der Waals surface area contributed by atoms with Crippen molar-refractivity contribution in [3.05, 3.63) is 0 Å². The summed E-state index contributed by atoms with van der Waals surface area (Å²) in [7, 11) is 2.06. The number of morpholine rings is 1. The topological polar surface area (TPSA) is 41.6 Å². The Morgan fingerprint density at radius 2 is 2.33 bits per heavy atom. The van der Waals surface area contributed by atoms with Crippen LogP contribution in [-0.2, 0) is 9.53 Å². The first kappa shape index (κ1) is 12.9. The fraction of sp³-hybridized carbons (Fsp3) is 0.900. The molecule has 0 radical (unpaired) electrons. The number of amides is 1. The van der Waals surface area contributed by atoms with Crippen molar-refractivity contribution in [2.45, 2.75) is 24.3 Å². The summed E-state index contributed by atoms with van der Waals surface area (Å²) in [5, 5.41) is 2.88. The number of ether oxygens (including phenoxy) is 1. The van der Waals surface area contributed by atoms with Crippen LogP contribution in [0.15, 0.2) is 0 Å². The molecule has 0 spiro atoms. The van der Waals surface area contributed by atoms with Crippen molar-refractivity contribution in [2.75, 3.05) is 33.3 Å². The second-order valence-electron chi connectivity index (χ2n) is 4.44. The van der Waals surface area contributed by atoms with Gasteiger partial charge in [0.2, 0.25) is 5.91 Å². The number of rotatable bonds is 3. The molecule has 1 N–H and O–H groups in total. The van der Waals surface area contributed by atoms with Crippen LogP contribution in [0.4, 0.5) is 0 Å². The Labute approximate surface area is 99.5 Å². The largest absolute Gasteiger partial charge is 0.374 e. The van der Waals surface area contributed by atoms with E-state index in [1.807, 2.05) is 13.8 Å². The molecule has 0 aromatic heterocycles. The molecular formula is C10H19BrN2O2. The Kier molecular flexibility index (Phi) is 4.55. The van der Waals surface area contributed by atoms with Crippen LogP contribution in [0.3, 0.4) is 0 Å². The van der Waals surface area contributed by atoms with Crippen LogP contribution in [0, 0.1) is 0 Å². The van der Waals surface area contributed by atoms with Gasteiger partial charge in [0.05, 0.1) is 17.0 Å². The average molecular weight is 279 g/mol. The van der Waals surface area contributed by atoms with Gasteiger partial charge in [-0.1, -0.05) is 15.9 Å². The molecule has 0 aromatic carbocycles. The molecule has 0 aromatic rings. The van der Waals surface area contributed by atoms with Crippen LogP contribution < -0.4 is 5.32 Å². The van der Waals surface area contributed by atoms with Crippen molar-refractivity contribution >= 4 is 21.8 Å². The minimum absolute atomic E-state index is 0.000624. The molecule has 1 fully saturated rings. The van der Waals surface area contributed by atoms with E-state index in [4.69, 9.17) is 4.74 Å². The first-order chi connectivity index (χ1) is 6.89. The molecular weight excluding hydrogens is 260 g/mol. The molecule has 0 aliphatic carbocycles. The quantitative estimate of drug-likeness (QED) is 0.770. The van der Waals surface area contributed by atoms with E-state index in [0.29, 0.717) is 6.54 Å². The highest BCUT2D eigenvalue weighted by Crippen LogP contribution is 2.15. The van der Waals surface area contributed by atoms with Crippen molar-refractivity contribution in [1.29, 1.82) is 0 Å². The lowest BCUT2D eigenvalue weighted by Gasteiger charge is -2.30. The predicted molar refractivity (Wildman–Crippen MR) is 63.3 cm³/mol. The number of hydrogen-bond acceptors (Lipinski definition) is 3. The zero-order valence-electron chi connectivity index (χ0n) is 9.55. The van der Waals surface area contributed by atoms with Crippen molar-refractivity contribution in [2.24, 2.45) is 0 Å². The summed E-state index contributed by atoms with van der Waals surface area (Å²) in [6, 6.07) is 0. The summed E-state index contributed by atoms with van der Waals surface area (Å²) in [5.41, 5.74) is 0. The third-order valence-corrected chi connectivity index (χ3v) is 2.73. The van der Waals surface area contributed by atoms with Crippen LogP contribution >= 0.6 is 15.9 Å². The summed E-state index contributed by atoms with van der Waals surface area (Å²) in [5.74, 6) is -0.000624. The second-order valence-corrected chi connectivity index (χ2v) is 6.42. The fourth-order valence-corrected chi connectivity index (χ4v) is 1.55. The van der Waals surface area contributed by atoms with E-state index in [-0.39, 0.29) is 12.0 Å². The average Bonchev–Trinajstić information content (AvgIpc) is 2.12. The Balaban J connectivity index is 2.28. The standard InChI is InChI=1S/C10H19BrN2O2/c1-10(2,11)9(14)12-6-8-7-13(3)4-5-15-8/h8H,4-7H2,1-3H3,(H,12,14). The maximum atomic E-state index is 11.6. The smallest absolute Gasteiger partial charge is 0.236 e. The number of likely N-dealkylation sites (N-methyl/N-ethyl adjacent to an activating group) is 1. The van der Waals surface area contributed by atoms with Gasteiger partial charge < -0.3 is 15.0 Å². The van der Waals surface area contributed by atoms with Crippen LogP contribution in [0.1, 0.15) is 13.8 Å². The van der Waals surface area contributed by atoms with E-state index in [0.717, 1.165) is 19.7 Å². The van der Waals surface area contributed by atoms with Gasteiger partial charge in [-0.2, -0.15) is 0 Å². The first-order valence-corrected chi connectivity index (χ1v) is 5.96. The van der Waals surface area contributed by atoms with E-state index < -0.39 is 4.32 Å². The molecule has 1 saturated heterocycles. The van der Waals surface area contributed by atoms with E-state index in [2.05, 4.69) is 33.2 Å². The number of carbonyl (C=O) groups is 1. The van der Waals surface area contributed by atoms with Gasteiger partial charge in [-0.3, -0.25) is 4.79 Å². The minimum Gasteiger partial charge on any atom is -0.374 e. The van der Waals surface area contributed by atoms with Crippen molar-refractivity contribution in [3.63, 3.8) is 0 Å². The number of alkyl halides is 1. The van der Waals surface area contributed by atoms with E-state index >= 15 is 0 Å². The molecule has 88 valence electrons. The molecule has 1 aliphatic heterocycles. The maximum absolute atomic E-state index is 11.6. The second kappa shape index (κ2) is 5.27. The van der Waals surface area contributed by atoms with Crippen molar-refractivity contribution in [3.8, 4) is 0 Å². The van der Waals surface area contributed by atoms with Crippen LogP contribution in [0.2, 0.25) is 0 Å². The Hall–Kier alpha value is -0.130. The molecule has 1 aliphatic rings. The highest BCUT2D eigenvalue weighted by molar-refractivity contribution is 9.10. The Morgan fingerprint density at radius 1 is 1.67 bits per heavy atom. The molecule has 1 unspecified atom stereocenters. The van der Waals surface area contributed by atoms with Gasteiger partial charge in [0.25, 0.3) is 0 Å². The number of nitrogens with zero attached hydrogens (tertiary/aromatic N) is 1. The lowest BCUT2D eigenvalue weighted by Crippen LogP contribution is -2.48. The molecule has 0 bridgehead atoms. The van der Waals surface area contributed by atoms with Gasteiger partial charge in [0.1, 0.15) is 0 Å². The molecule has 1 amide bonds. The maximum Gasteiger partial charge on any atom is 0.236 e. The van der Waals surface area contributed by atoms with Gasteiger partial charge in [0, 0.05) is 19.6 Å². The number of halogens is 1. The third kappa shape index (κ3) is 4.49. The van der Waals surface area contributed by atoms with Gasteiger partial charge in [-0.05, 0) is 20.9 Å². The normalized spacial score (nSPS) is 23.9. The molecule has 1 atom stereocenters. The zero-order valence-corrected chi connectivity index (χ0v) is 11.1. The molecule has 5 heteroatoms. The van der Waals surface area contributed by atoms with Gasteiger partial charge in [0.15, 0.2) is 0 Å². The predicted octanol–water partition coefficient (Wildman–Crippen LogP) is 0.607. The summed E-state index contributed by atoms with van der Waals surface area (Å²) in [4.78, 5) is 13.8. The van der Waals surface area contributed by atoms with Crippen molar-refractivity contribution < 1.29 is 9.53 Å². The molecule has 4 nitrogen and oxygen atoms in total. The van der Waals surface area contributed by atoms with Gasteiger partial charge in [-0.25, -0.2) is 0 Å². The molecule has 1 heterocycles. The summed E-state index contributed by atoms with van der Waals surface area (Å²) < 4.78 is 5.03. The number of hydrogen-bond donors (Lipinski definition) is 1. The zero-order chi connectivity index (χ0) is 11.5. The first-order valence-electron chi connectivity index (χ1n) is 5.17. The number of carbonyl (C=O) groups excluding carboxylic acids is 1. The lowest BCUT2D eigenvalue weighted by atomic mass is 10.2. The monoisotopic (exact) mass is 278 g/mol. The SMILES string of the molecule is CN1CCOC(CNC(=O)C(C)(C)Br)C1. The minimum atomic E-state index is -0.506. The summed E-state index contributed by atoms with van der Waals surface area (Å²) in [6.07, 6.45) is 0.113. The van der Waals surface area contributed by atoms with E-state index in [9.17, 15) is 4.79 Å². The Bertz CT molecular complexity index is 228. The molecule has 0 saturated carbocycles. The summed E-state index contributed by atoms with van der Waals surface area (Å²) in [6.45, 7) is 6.83. The molecule has 15 heavy (non-hydrogen) atoms. The molecule has 1 rings (SSSR count). The summed E-state index contributed by atoms with van der Waals surface area (Å²) >= 11 is 3.32. The highest BCUT2D eigenvalue weighted by Gasteiger charge is 2.25. The highest BCUT2D eigenvalue weighted by atomic mass is 79.9. The van der Waals surface area contributed by atoms with Crippen LogP contribution in [-0.4, -0.2) is 54.5 Å².